The number of aliphatic carboxylic acids is 1. The Hall–Kier alpha value is -2.55. The lowest BCUT2D eigenvalue weighted by Gasteiger charge is -2.09. The monoisotopic (exact) mass is 254 g/mol. The van der Waals surface area contributed by atoms with Crippen molar-refractivity contribution < 1.29 is 14.6 Å². The largest absolute Gasteiger partial charge is 0.497 e. The highest BCUT2D eigenvalue weighted by molar-refractivity contribution is 5.88. The number of ether oxygens (including phenoxy) is 1. The van der Waals surface area contributed by atoms with Crippen LogP contribution in [0.25, 0.3) is 17.2 Å². The van der Waals surface area contributed by atoms with Crippen molar-refractivity contribution in [1.82, 2.24) is 0 Å². The van der Waals surface area contributed by atoms with Crippen molar-refractivity contribution in [3.05, 3.63) is 60.2 Å². The minimum Gasteiger partial charge on any atom is -0.497 e. The van der Waals surface area contributed by atoms with Gasteiger partial charge in [0, 0.05) is 6.08 Å². The lowest BCUT2D eigenvalue weighted by atomic mass is 9.99. The first-order chi connectivity index (χ1) is 9.20. The summed E-state index contributed by atoms with van der Waals surface area (Å²) in [6.07, 6.45) is 2.72. The molecule has 1 N–H and O–H groups in total. The second-order valence-electron chi connectivity index (χ2n) is 3.99. The van der Waals surface area contributed by atoms with Gasteiger partial charge in [-0.05, 0) is 34.9 Å². The van der Waals surface area contributed by atoms with E-state index in [0.717, 1.165) is 28.5 Å². The number of carboxylic acids is 1. The number of hydrogen-bond acceptors (Lipinski definition) is 2. The predicted octanol–water partition coefficient (Wildman–Crippen LogP) is 3.46. The van der Waals surface area contributed by atoms with Crippen molar-refractivity contribution in [1.29, 1.82) is 0 Å². The molecule has 3 heteroatoms. The zero-order valence-electron chi connectivity index (χ0n) is 10.5. The van der Waals surface area contributed by atoms with Crippen LogP contribution in [0.3, 0.4) is 0 Å². The van der Waals surface area contributed by atoms with Gasteiger partial charge < -0.3 is 9.84 Å². The molecule has 96 valence electrons. The van der Waals surface area contributed by atoms with E-state index in [0.29, 0.717) is 0 Å². The summed E-state index contributed by atoms with van der Waals surface area (Å²) in [5, 5.41) is 8.73. The maximum absolute atomic E-state index is 10.6. The van der Waals surface area contributed by atoms with Gasteiger partial charge in [0.25, 0.3) is 0 Å². The van der Waals surface area contributed by atoms with E-state index >= 15 is 0 Å². The van der Waals surface area contributed by atoms with E-state index in [1.807, 2.05) is 48.5 Å². The number of carboxylic acid groups (broad SMARTS) is 1. The van der Waals surface area contributed by atoms with Crippen LogP contribution in [0.15, 0.2) is 54.6 Å². The molecule has 0 unspecified atom stereocenters. The van der Waals surface area contributed by atoms with E-state index in [1.165, 1.54) is 0 Å². The molecule has 3 nitrogen and oxygen atoms in total. The molecular formula is C16H14O3. The number of rotatable bonds is 4. The van der Waals surface area contributed by atoms with Crippen LogP contribution >= 0.6 is 0 Å². The maximum Gasteiger partial charge on any atom is 0.328 e. The third-order valence-electron chi connectivity index (χ3n) is 2.75. The molecule has 0 aliphatic heterocycles. The molecule has 0 heterocycles. The van der Waals surface area contributed by atoms with Gasteiger partial charge >= 0.3 is 5.97 Å². The Morgan fingerprint density at radius 2 is 1.89 bits per heavy atom. The number of benzene rings is 2. The van der Waals surface area contributed by atoms with Crippen molar-refractivity contribution in [2.75, 3.05) is 7.11 Å². The SMILES string of the molecule is COc1ccc(/C=C/C(=O)O)c(-c2ccccc2)c1. The fourth-order valence-corrected chi connectivity index (χ4v) is 1.84. The lowest BCUT2D eigenvalue weighted by Crippen LogP contribution is -1.90. The second kappa shape index (κ2) is 5.87. The van der Waals surface area contributed by atoms with Gasteiger partial charge in [0.05, 0.1) is 7.11 Å². The third kappa shape index (κ3) is 3.22. The molecule has 0 saturated heterocycles. The van der Waals surface area contributed by atoms with E-state index in [4.69, 9.17) is 9.84 Å². The Morgan fingerprint density at radius 3 is 2.53 bits per heavy atom. The van der Waals surface area contributed by atoms with Gasteiger partial charge in [-0.3, -0.25) is 0 Å². The minimum absolute atomic E-state index is 0.742. The molecule has 0 aromatic heterocycles. The number of hydrogen-bond donors (Lipinski definition) is 1. The Kier molecular flexibility index (Phi) is 3.98. The molecule has 2 aromatic rings. The summed E-state index contributed by atoms with van der Waals surface area (Å²) in [6.45, 7) is 0. The summed E-state index contributed by atoms with van der Waals surface area (Å²) >= 11 is 0. The summed E-state index contributed by atoms with van der Waals surface area (Å²) in [5.41, 5.74) is 2.80. The molecule has 0 aliphatic carbocycles. The van der Waals surface area contributed by atoms with Gasteiger partial charge in [-0.15, -0.1) is 0 Å². The molecule has 2 aromatic carbocycles. The first-order valence-electron chi connectivity index (χ1n) is 5.85. The molecule has 0 atom stereocenters. The summed E-state index contributed by atoms with van der Waals surface area (Å²) in [5.74, 6) is -0.221. The highest BCUT2D eigenvalue weighted by Gasteiger charge is 2.05. The zero-order chi connectivity index (χ0) is 13.7. The van der Waals surface area contributed by atoms with Crippen LogP contribution in [-0.2, 0) is 4.79 Å². The first kappa shape index (κ1) is 12.9. The fraction of sp³-hybridized carbons (Fsp3) is 0.0625. The standard InChI is InChI=1S/C16H14O3/c1-19-14-9-7-13(8-10-16(17)18)15(11-14)12-5-3-2-4-6-12/h2-11H,1H3,(H,17,18)/b10-8+. The second-order valence-corrected chi connectivity index (χ2v) is 3.99. The Bertz CT molecular complexity index is 601. The Labute approximate surface area is 111 Å². The summed E-state index contributed by atoms with van der Waals surface area (Å²) < 4.78 is 5.22. The van der Waals surface area contributed by atoms with Crippen molar-refractivity contribution in [2.24, 2.45) is 0 Å². The van der Waals surface area contributed by atoms with Crippen molar-refractivity contribution in [3.8, 4) is 16.9 Å². The van der Waals surface area contributed by atoms with Gasteiger partial charge in [-0.1, -0.05) is 36.4 Å². The third-order valence-corrected chi connectivity index (χ3v) is 2.75. The van der Waals surface area contributed by atoms with Crippen molar-refractivity contribution >= 4 is 12.0 Å². The van der Waals surface area contributed by atoms with Gasteiger partial charge in [-0.25, -0.2) is 4.79 Å². The maximum atomic E-state index is 10.6. The van der Waals surface area contributed by atoms with Crippen LogP contribution in [0.4, 0.5) is 0 Å². The van der Waals surface area contributed by atoms with E-state index in [9.17, 15) is 4.79 Å². The average molecular weight is 254 g/mol. The van der Waals surface area contributed by atoms with E-state index in [1.54, 1.807) is 13.2 Å². The molecule has 0 fully saturated rings. The van der Waals surface area contributed by atoms with Crippen LogP contribution in [0.5, 0.6) is 5.75 Å². The molecule has 0 aliphatic rings. The minimum atomic E-state index is -0.963. The average Bonchev–Trinajstić information content (AvgIpc) is 2.46. The highest BCUT2D eigenvalue weighted by Crippen LogP contribution is 2.28. The van der Waals surface area contributed by atoms with Crippen molar-refractivity contribution in [2.45, 2.75) is 0 Å². The van der Waals surface area contributed by atoms with E-state index in [-0.39, 0.29) is 0 Å². The molecule has 0 saturated carbocycles. The van der Waals surface area contributed by atoms with Gasteiger partial charge in [-0.2, -0.15) is 0 Å². The normalized spacial score (nSPS) is 10.6. The van der Waals surface area contributed by atoms with E-state index < -0.39 is 5.97 Å². The lowest BCUT2D eigenvalue weighted by molar-refractivity contribution is -0.131. The van der Waals surface area contributed by atoms with E-state index in [2.05, 4.69) is 0 Å². The fourth-order valence-electron chi connectivity index (χ4n) is 1.84. The summed E-state index contributed by atoms with van der Waals surface area (Å²) in [7, 11) is 1.61. The quantitative estimate of drug-likeness (QED) is 0.850. The zero-order valence-corrected chi connectivity index (χ0v) is 10.5. The first-order valence-corrected chi connectivity index (χ1v) is 5.85. The molecule has 0 radical (unpaired) electrons. The molecular weight excluding hydrogens is 240 g/mol. The van der Waals surface area contributed by atoms with Crippen LogP contribution in [-0.4, -0.2) is 18.2 Å². The topological polar surface area (TPSA) is 46.5 Å². The van der Waals surface area contributed by atoms with Gasteiger partial charge in [0.2, 0.25) is 0 Å². The van der Waals surface area contributed by atoms with Crippen LogP contribution in [0, 0.1) is 0 Å². The summed E-state index contributed by atoms with van der Waals surface area (Å²) in [4.78, 5) is 10.6. The van der Waals surface area contributed by atoms with Crippen molar-refractivity contribution in [3.63, 3.8) is 0 Å². The number of carbonyl (C=O) groups is 1. The smallest absolute Gasteiger partial charge is 0.328 e. The molecule has 0 spiro atoms. The Balaban J connectivity index is 2.52. The summed E-state index contributed by atoms with van der Waals surface area (Å²) in [6, 6.07) is 15.3. The Morgan fingerprint density at radius 1 is 1.16 bits per heavy atom. The van der Waals surface area contributed by atoms with Gasteiger partial charge in [0.1, 0.15) is 5.75 Å². The van der Waals surface area contributed by atoms with Crippen LogP contribution < -0.4 is 4.74 Å². The molecule has 2 rings (SSSR count). The van der Waals surface area contributed by atoms with Crippen LogP contribution in [0.2, 0.25) is 0 Å². The molecule has 0 amide bonds. The van der Waals surface area contributed by atoms with Crippen LogP contribution in [0.1, 0.15) is 5.56 Å². The highest BCUT2D eigenvalue weighted by atomic mass is 16.5. The van der Waals surface area contributed by atoms with Gasteiger partial charge in [0.15, 0.2) is 0 Å². The number of methoxy groups -OCH3 is 1. The molecule has 19 heavy (non-hydrogen) atoms. The molecule has 0 bridgehead atoms. The predicted molar refractivity (Wildman–Crippen MR) is 75.1 cm³/mol.